The van der Waals surface area contributed by atoms with Crippen LogP contribution in [0, 0.1) is 6.92 Å². The van der Waals surface area contributed by atoms with E-state index >= 15 is 0 Å². The zero-order chi connectivity index (χ0) is 7.68. The molecule has 1 aliphatic heterocycles. The van der Waals surface area contributed by atoms with E-state index in [1.807, 2.05) is 12.4 Å². The van der Waals surface area contributed by atoms with E-state index in [1.54, 1.807) is 0 Å². The van der Waals surface area contributed by atoms with E-state index in [0.717, 1.165) is 0 Å². The van der Waals surface area contributed by atoms with Crippen molar-refractivity contribution in [1.29, 1.82) is 0 Å². The maximum absolute atomic E-state index is 3.92. The molecule has 0 spiro atoms. The van der Waals surface area contributed by atoms with Crippen molar-refractivity contribution in [3.63, 3.8) is 0 Å². The first-order valence-electron chi connectivity index (χ1n) is 3.67. The predicted molar refractivity (Wildman–Crippen MR) is 47.6 cm³/mol. The summed E-state index contributed by atoms with van der Waals surface area (Å²) in [5.74, 6) is 0. The van der Waals surface area contributed by atoms with Crippen LogP contribution in [0.3, 0.4) is 0 Å². The first-order chi connectivity index (χ1) is 5.36. The Hall–Kier alpha value is -1.37. The summed E-state index contributed by atoms with van der Waals surface area (Å²) < 4.78 is 0. The molecule has 0 bridgehead atoms. The fourth-order valence-corrected chi connectivity index (χ4v) is 1.12. The van der Waals surface area contributed by atoms with E-state index in [0.29, 0.717) is 0 Å². The molecular weight excluding hydrogens is 134 g/mol. The third-order valence-electron chi connectivity index (χ3n) is 1.78. The molecule has 1 aromatic carbocycles. The quantitative estimate of drug-likeness (QED) is 0.572. The maximum atomic E-state index is 3.92. The highest BCUT2D eigenvalue weighted by Crippen LogP contribution is 2.17. The van der Waals surface area contributed by atoms with Gasteiger partial charge in [-0.2, -0.15) is 0 Å². The van der Waals surface area contributed by atoms with Gasteiger partial charge in [-0.3, -0.25) is 4.99 Å². The number of benzene rings is 1. The van der Waals surface area contributed by atoms with Crippen LogP contribution in [-0.2, 0) is 0 Å². The van der Waals surface area contributed by atoms with E-state index in [4.69, 9.17) is 0 Å². The Kier molecular flexibility index (Phi) is 1.35. The molecule has 1 heteroatoms. The average molecular weight is 143 g/mol. The van der Waals surface area contributed by atoms with Crippen LogP contribution >= 0.6 is 0 Å². The molecule has 0 aromatic heterocycles. The lowest BCUT2D eigenvalue weighted by atomic mass is 10.0. The molecule has 0 unspecified atom stereocenters. The van der Waals surface area contributed by atoms with E-state index in [2.05, 4.69) is 36.2 Å². The normalized spacial score (nSPS) is 14.1. The number of aryl methyl sites for hydroxylation is 1. The fraction of sp³-hybridized carbons (Fsp3) is 0.100. The minimum atomic E-state index is 1.23. The minimum Gasteiger partial charge on any atom is -0.263 e. The Morgan fingerprint density at radius 3 is 2.64 bits per heavy atom. The summed E-state index contributed by atoms with van der Waals surface area (Å²) in [7, 11) is 0. The van der Waals surface area contributed by atoms with Gasteiger partial charge in [-0.15, -0.1) is 0 Å². The Morgan fingerprint density at radius 2 is 2.09 bits per heavy atom. The van der Waals surface area contributed by atoms with E-state index < -0.39 is 0 Å². The van der Waals surface area contributed by atoms with Crippen molar-refractivity contribution in [3.8, 4) is 0 Å². The van der Waals surface area contributed by atoms with Crippen molar-refractivity contribution in [2.24, 2.45) is 4.99 Å². The summed E-state index contributed by atoms with van der Waals surface area (Å²) in [6, 6.07) is 8.43. The molecule has 0 atom stereocenters. The van der Waals surface area contributed by atoms with Gasteiger partial charge in [0.2, 0.25) is 0 Å². The van der Waals surface area contributed by atoms with Crippen LogP contribution in [0.15, 0.2) is 35.5 Å². The number of allylic oxidation sites excluding steroid dienone is 1. The van der Waals surface area contributed by atoms with Gasteiger partial charge in [-0.1, -0.05) is 29.8 Å². The van der Waals surface area contributed by atoms with Gasteiger partial charge in [0.05, 0.1) is 0 Å². The monoisotopic (exact) mass is 143 g/mol. The van der Waals surface area contributed by atoms with Crippen LogP contribution in [0.5, 0.6) is 0 Å². The third-order valence-corrected chi connectivity index (χ3v) is 1.78. The molecule has 1 aromatic rings. The average Bonchev–Trinajstić information content (AvgIpc) is 1.83. The van der Waals surface area contributed by atoms with Crippen LogP contribution in [0.1, 0.15) is 11.1 Å². The van der Waals surface area contributed by atoms with Crippen molar-refractivity contribution in [1.82, 2.24) is 0 Å². The highest BCUT2D eigenvalue weighted by atomic mass is 14.7. The molecule has 2 rings (SSSR count). The molecule has 0 amide bonds. The van der Waals surface area contributed by atoms with Crippen LogP contribution in [-0.4, -0.2) is 6.21 Å². The van der Waals surface area contributed by atoms with E-state index in [9.17, 15) is 0 Å². The van der Waals surface area contributed by atoms with E-state index in [-0.39, 0.29) is 0 Å². The SMILES string of the molecule is Cc1cccc(C2=CN=C2)c1. The Morgan fingerprint density at radius 1 is 1.27 bits per heavy atom. The third kappa shape index (κ3) is 1.09. The van der Waals surface area contributed by atoms with Crippen molar-refractivity contribution in [2.45, 2.75) is 6.92 Å². The summed E-state index contributed by atoms with van der Waals surface area (Å²) in [6.07, 6.45) is 3.77. The molecular formula is C10H9N. The number of hydrogen-bond acceptors (Lipinski definition) is 1. The Bertz CT molecular complexity index is 334. The number of hydrogen-bond donors (Lipinski definition) is 0. The standard InChI is InChI=1S/C10H9N/c1-8-3-2-4-9(5-8)10-6-11-7-10/h2-7H,1H3. The molecule has 0 fully saturated rings. The van der Waals surface area contributed by atoms with Gasteiger partial charge >= 0.3 is 0 Å². The largest absolute Gasteiger partial charge is 0.263 e. The van der Waals surface area contributed by atoms with Gasteiger partial charge in [-0.05, 0) is 12.5 Å². The minimum absolute atomic E-state index is 1.23. The van der Waals surface area contributed by atoms with E-state index in [1.165, 1.54) is 16.7 Å². The van der Waals surface area contributed by atoms with Crippen LogP contribution < -0.4 is 0 Å². The summed E-state index contributed by atoms with van der Waals surface area (Å²) >= 11 is 0. The Labute approximate surface area is 66.1 Å². The zero-order valence-electron chi connectivity index (χ0n) is 6.41. The summed E-state index contributed by atoms with van der Waals surface area (Å²) in [5, 5.41) is 0. The van der Waals surface area contributed by atoms with Gasteiger partial charge < -0.3 is 0 Å². The van der Waals surface area contributed by atoms with Crippen LogP contribution in [0.4, 0.5) is 0 Å². The molecule has 0 N–H and O–H groups in total. The topological polar surface area (TPSA) is 12.4 Å². The zero-order valence-corrected chi connectivity index (χ0v) is 6.41. The van der Waals surface area contributed by atoms with Gasteiger partial charge in [0, 0.05) is 18.0 Å². The van der Waals surface area contributed by atoms with Crippen LogP contribution in [0.25, 0.3) is 5.57 Å². The van der Waals surface area contributed by atoms with Gasteiger partial charge in [0.25, 0.3) is 0 Å². The lowest BCUT2D eigenvalue weighted by Crippen LogP contribution is -1.91. The number of nitrogens with zero attached hydrogens (tertiary/aromatic N) is 1. The Balaban J connectivity index is 2.38. The second kappa shape index (κ2) is 2.35. The van der Waals surface area contributed by atoms with Crippen molar-refractivity contribution < 1.29 is 0 Å². The molecule has 0 saturated carbocycles. The van der Waals surface area contributed by atoms with Gasteiger partial charge in [0.1, 0.15) is 0 Å². The fourth-order valence-electron chi connectivity index (χ4n) is 1.12. The number of rotatable bonds is 1. The van der Waals surface area contributed by atoms with Crippen molar-refractivity contribution in [2.75, 3.05) is 0 Å². The predicted octanol–water partition coefficient (Wildman–Crippen LogP) is 2.42. The molecule has 1 heterocycles. The molecule has 11 heavy (non-hydrogen) atoms. The molecule has 54 valence electrons. The lowest BCUT2D eigenvalue weighted by molar-refractivity contribution is 1.44. The summed E-state index contributed by atoms with van der Waals surface area (Å²) in [4.78, 5) is 3.92. The van der Waals surface area contributed by atoms with Crippen LogP contribution in [0.2, 0.25) is 0 Å². The second-order valence-electron chi connectivity index (χ2n) is 2.73. The second-order valence-corrected chi connectivity index (χ2v) is 2.73. The van der Waals surface area contributed by atoms with Crippen molar-refractivity contribution >= 4 is 11.8 Å². The molecule has 1 aliphatic rings. The van der Waals surface area contributed by atoms with Gasteiger partial charge in [0.15, 0.2) is 0 Å². The maximum Gasteiger partial charge on any atom is 0.0362 e. The summed E-state index contributed by atoms with van der Waals surface area (Å²) in [6.45, 7) is 2.10. The lowest BCUT2D eigenvalue weighted by Gasteiger charge is -2.06. The smallest absolute Gasteiger partial charge is 0.0362 e. The first-order valence-corrected chi connectivity index (χ1v) is 3.67. The highest BCUT2D eigenvalue weighted by Gasteiger charge is 2.02. The molecule has 1 nitrogen and oxygen atoms in total. The first kappa shape index (κ1) is 6.35. The molecule has 0 radical (unpaired) electrons. The number of aliphatic imine (C=N–C) groups is 1. The molecule has 0 saturated heterocycles. The summed E-state index contributed by atoms with van der Waals surface area (Å²) in [5.41, 5.74) is 3.79. The highest BCUT2D eigenvalue weighted by molar-refractivity contribution is 6.14. The van der Waals surface area contributed by atoms with Crippen molar-refractivity contribution in [3.05, 3.63) is 41.6 Å². The molecule has 0 aliphatic carbocycles. The van der Waals surface area contributed by atoms with Gasteiger partial charge in [-0.25, -0.2) is 0 Å².